The lowest BCUT2D eigenvalue weighted by molar-refractivity contribution is 0.0680. The summed E-state index contributed by atoms with van der Waals surface area (Å²) in [5, 5.41) is 3.65. The summed E-state index contributed by atoms with van der Waals surface area (Å²) in [5.74, 6) is 0.969. The Bertz CT molecular complexity index is 606. The number of nitrogens with zero attached hydrogens (tertiary/aromatic N) is 1. The fourth-order valence-electron chi connectivity index (χ4n) is 4.79. The fraction of sp³-hybridized carbons (Fsp3) is 0.667. The molecule has 4 nitrogen and oxygen atoms in total. The molecule has 2 atom stereocenters. The molecule has 2 bridgehead atoms. The van der Waals surface area contributed by atoms with Gasteiger partial charge in [0, 0.05) is 30.7 Å². The van der Waals surface area contributed by atoms with Crippen LogP contribution < -0.4 is 10.1 Å². The van der Waals surface area contributed by atoms with Gasteiger partial charge in [-0.2, -0.15) is 0 Å². The quantitative estimate of drug-likeness (QED) is 0.854. The first kappa shape index (κ1) is 19.5. The van der Waals surface area contributed by atoms with Crippen LogP contribution in [0.2, 0.25) is 0 Å². The van der Waals surface area contributed by atoms with Gasteiger partial charge in [-0.05, 0) is 69.6 Å². The summed E-state index contributed by atoms with van der Waals surface area (Å²) in [5.41, 5.74) is 0.752. The maximum atomic E-state index is 13.0. The number of ether oxygens (including phenoxy) is 1. The van der Waals surface area contributed by atoms with Crippen LogP contribution in [0.15, 0.2) is 24.3 Å². The van der Waals surface area contributed by atoms with Gasteiger partial charge in [0.15, 0.2) is 0 Å². The topological polar surface area (TPSA) is 41.6 Å². The standard InChI is InChI=1S/C21H30N2O2.ClH/c1-23(18-13-16-10-11-17(14-18)22-16)21(24)15-6-5-9-20(12-15)25-19-7-3-2-4-8-19;/h5-6,9,12,16-19,22H,2-4,7-8,10-11,13-14H2,1H3;1H. The van der Waals surface area contributed by atoms with Crippen LogP contribution in [-0.2, 0) is 0 Å². The monoisotopic (exact) mass is 378 g/mol. The van der Waals surface area contributed by atoms with Crippen molar-refractivity contribution in [2.45, 2.75) is 82.0 Å². The van der Waals surface area contributed by atoms with Crippen LogP contribution in [0.4, 0.5) is 0 Å². The Kier molecular flexibility index (Phi) is 6.46. The van der Waals surface area contributed by atoms with Crippen molar-refractivity contribution in [1.82, 2.24) is 10.2 Å². The number of halogens is 1. The Morgan fingerprint density at radius 3 is 2.46 bits per heavy atom. The molecular weight excluding hydrogens is 348 g/mol. The number of carbonyl (C=O) groups is 1. The number of hydrogen-bond donors (Lipinski definition) is 1. The number of rotatable bonds is 4. The molecule has 2 unspecified atom stereocenters. The molecule has 0 radical (unpaired) electrons. The highest BCUT2D eigenvalue weighted by Crippen LogP contribution is 2.30. The normalized spacial score (nSPS) is 28.3. The molecule has 1 saturated carbocycles. The third kappa shape index (κ3) is 4.34. The van der Waals surface area contributed by atoms with Gasteiger partial charge in [-0.1, -0.05) is 12.5 Å². The van der Waals surface area contributed by atoms with E-state index in [0.717, 1.165) is 37.0 Å². The third-order valence-corrected chi connectivity index (χ3v) is 6.25. The Labute approximate surface area is 163 Å². The van der Waals surface area contributed by atoms with Gasteiger partial charge in [0.1, 0.15) is 5.75 Å². The Morgan fingerprint density at radius 1 is 1.08 bits per heavy atom. The molecule has 1 aliphatic carbocycles. The molecule has 26 heavy (non-hydrogen) atoms. The first-order valence-corrected chi connectivity index (χ1v) is 9.99. The van der Waals surface area contributed by atoms with E-state index in [1.165, 1.54) is 32.1 Å². The number of benzene rings is 1. The van der Waals surface area contributed by atoms with Gasteiger partial charge in [-0.3, -0.25) is 4.79 Å². The zero-order valence-electron chi connectivity index (χ0n) is 15.7. The first-order chi connectivity index (χ1) is 12.2. The van der Waals surface area contributed by atoms with E-state index < -0.39 is 0 Å². The minimum atomic E-state index is 0. The summed E-state index contributed by atoms with van der Waals surface area (Å²) in [6, 6.07) is 9.33. The summed E-state index contributed by atoms with van der Waals surface area (Å²) in [7, 11) is 1.96. The number of amides is 1. The summed E-state index contributed by atoms with van der Waals surface area (Å²) in [4.78, 5) is 14.9. The predicted molar refractivity (Wildman–Crippen MR) is 106 cm³/mol. The van der Waals surface area contributed by atoms with Gasteiger partial charge in [-0.25, -0.2) is 0 Å². The van der Waals surface area contributed by atoms with E-state index in [9.17, 15) is 4.79 Å². The van der Waals surface area contributed by atoms with E-state index in [2.05, 4.69) is 5.32 Å². The van der Waals surface area contributed by atoms with Gasteiger partial charge >= 0.3 is 0 Å². The van der Waals surface area contributed by atoms with Crippen LogP contribution in [0.3, 0.4) is 0 Å². The fourth-order valence-corrected chi connectivity index (χ4v) is 4.79. The Hall–Kier alpha value is -1.26. The van der Waals surface area contributed by atoms with Gasteiger partial charge in [-0.15, -0.1) is 12.4 Å². The highest BCUT2D eigenvalue weighted by atomic mass is 35.5. The van der Waals surface area contributed by atoms with Crippen LogP contribution in [0, 0.1) is 0 Å². The lowest BCUT2D eigenvalue weighted by Crippen LogP contribution is -2.48. The third-order valence-electron chi connectivity index (χ3n) is 6.25. The molecule has 5 heteroatoms. The number of nitrogens with one attached hydrogen (secondary N) is 1. The van der Waals surface area contributed by atoms with Crippen molar-refractivity contribution in [2.75, 3.05) is 7.05 Å². The minimum Gasteiger partial charge on any atom is -0.490 e. The van der Waals surface area contributed by atoms with Crippen molar-refractivity contribution < 1.29 is 9.53 Å². The highest BCUT2D eigenvalue weighted by molar-refractivity contribution is 5.94. The van der Waals surface area contributed by atoms with Crippen molar-refractivity contribution in [1.29, 1.82) is 0 Å². The van der Waals surface area contributed by atoms with E-state index in [1.54, 1.807) is 0 Å². The van der Waals surface area contributed by atoms with E-state index in [0.29, 0.717) is 24.2 Å². The van der Waals surface area contributed by atoms with Crippen molar-refractivity contribution >= 4 is 18.3 Å². The molecule has 3 aliphatic rings. The molecule has 0 aromatic heterocycles. The molecule has 4 rings (SSSR count). The molecule has 2 aliphatic heterocycles. The average molecular weight is 379 g/mol. The second-order valence-electron chi connectivity index (χ2n) is 8.08. The number of piperidine rings is 1. The summed E-state index contributed by atoms with van der Waals surface area (Å²) in [6.07, 6.45) is 11.1. The van der Waals surface area contributed by atoms with Gasteiger partial charge < -0.3 is 15.0 Å². The van der Waals surface area contributed by atoms with Crippen molar-refractivity contribution in [2.24, 2.45) is 0 Å². The molecule has 144 valence electrons. The number of fused-ring (bicyclic) bond motifs is 2. The summed E-state index contributed by atoms with van der Waals surface area (Å²) in [6.45, 7) is 0. The second kappa shape index (κ2) is 8.62. The molecule has 1 amide bonds. The Balaban J connectivity index is 0.00000196. The number of carbonyl (C=O) groups excluding carboxylic acids is 1. The maximum Gasteiger partial charge on any atom is 0.253 e. The van der Waals surface area contributed by atoms with E-state index >= 15 is 0 Å². The van der Waals surface area contributed by atoms with Crippen LogP contribution in [0.1, 0.15) is 68.1 Å². The molecular formula is C21H31ClN2O2. The predicted octanol–water partition coefficient (Wildman–Crippen LogP) is 4.17. The lowest BCUT2D eigenvalue weighted by Gasteiger charge is -2.35. The van der Waals surface area contributed by atoms with E-state index in [1.807, 2.05) is 36.2 Å². The zero-order chi connectivity index (χ0) is 17.2. The SMILES string of the molecule is CN(C(=O)c1cccc(OC2CCCCC2)c1)C1CC2CCC(C1)N2.Cl. The zero-order valence-corrected chi connectivity index (χ0v) is 16.5. The molecule has 1 aromatic carbocycles. The minimum absolute atomic E-state index is 0. The van der Waals surface area contributed by atoms with Crippen LogP contribution in [-0.4, -0.2) is 42.1 Å². The lowest BCUT2D eigenvalue weighted by atomic mass is 9.97. The van der Waals surface area contributed by atoms with Gasteiger partial charge in [0.2, 0.25) is 0 Å². The van der Waals surface area contributed by atoms with Crippen molar-refractivity contribution in [3.05, 3.63) is 29.8 Å². The highest BCUT2D eigenvalue weighted by Gasteiger charge is 2.36. The first-order valence-electron chi connectivity index (χ1n) is 9.99. The second-order valence-corrected chi connectivity index (χ2v) is 8.08. The molecule has 3 fully saturated rings. The van der Waals surface area contributed by atoms with Crippen molar-refractivity contribution in [3.63, 3.8) is 0 Å². The van der Waals surface area contributed by atoms with Crippen LogP contribution in [0.5, 0.6) is 5.75 Å². The Morgan fingerprint density at radius 2 is 1.77 bits per heavy atom. The molecule has 1 N–H and O–H groups in total. The average Bonchev–Trinajstić information content (AvgIpc) is 2.99. The summed E-state index contributed by atoms with van der Waals surface area (Å²) >= 11 is 0. The molecule has 0 spiro atoms. The number of hydrogen-bond acceptors (Lipinski definition) is 3. The molecule has 2 saturated heterocycles. The smallest absolute Gasteiger partial charge is 0.253 e. The summed E-state index contributed by atoms with van der Waals surface area (Å²) < 4.78 is 6.13. The van der Waals surface area contributed by atoms with Gasteiger partial charge in [0.25, 0.3) is 5.91 Å². The molecule has 1 aromatic rings. The maximum absolute atomic E-state index is 13.0. The van der Waals surface area contributed by atoms with E-state index in [4.69, 9.17) is 4.74 Å². The van der Waals surface area contributed by atoms with Crippen molar-refractivity contribution in [3.8, 4) is 5.75 Å². The van der Waals surface area contributed by atoms with Gasteiger partial charge in [0.05, 0.1) is 6.10 Å². The van der Waals surface area contributed by atoms with Crippen LogP contribution in [0.25, 0.3) is 0 Å². The van der Waals surface area contributed by atoms with Crippen LogP contribution >= 0.6 is 12.4 Å². The largest absolute Gasteiger partial charge is 0.490 e. The van der Waals surface area contributed by atoms with E-state index in [-0.39, 0.29) is 18.3 Å². The molecule has 2 heterocycles.